The molecule has 2 rings (SSSR count). The van der Waals surface area contributed by atoms with Crippen molar-refractivity contribution >= 4 is 17.3 Å². The fourth-order valence-electron chi connectivity index (χ4n) is 1.30. The number of aliphatic hydroxyl groups excluding tert-OH is 1. The molecule has 76 valence electrons. The van der Waals surface area contributed by atoms with Crippen molar-refractivity contribution < 1.29 is 5.11 Å². The molecular formula is C9H14N4O. The van der Waals surface area contributed by atoms with Crippen molar-refractivity contribution in [3.8, 4) is 0 Å². The third-order valence-corrected chi connectivity index (χ3v) is 2.51. The van der Waals surface area contributed by atoms with Crippen LogP contribution in [0.4, 0.5) is 17.3 Å². The van der Waals surface area contributed by atoms with Crippen molar-refractivity contribution in [1.29, 1.82) is 0 Å². The molecule has 5 nitrogen and oxygen atoms in total. The van der Waals surface area contributed by atoms with Gasteiger partial charge in [-0.2, -0.15) is 0 Å². The third-order valence-electron chi connectivity index (χ3n) is 2.51. The molecule has 0 bridgehead atoms. The minimum absolute atomic E-state index is 0.124. The molecule has 1 aliphatic carbocycles. The Balaban J connectivity index is 2.14. The van der Waals surface area contributed by atoms with Crippen molar-refractivity contribution in [3.05, 3.63) is 12.1 Å². The minimum atomic E-state index is -0.171. The molecule has 1 heterocycles. The van der Waals surface area contributed by atoms with Gasteiger partial charge >= 0.3 is 0 Å². The Morgan fingerprint density at radius 3 is 2.64 bits per heavy atom. The van der Waals surface area contributed by atoms with Gasteiger partial charge in [0, 0.05) is 0 Å². The molecule has 1 aromatic rings. The molecule has 0 aliphatic heterocycles. The SMILES string of the molecule is Nc1ccc(NC2(CO)CC2)nc1N. The molecule has 6 N–H and O–H groups in total. The molecule has 1 saturated carbocycles. The Morgan fingerprint density at radius 2 is 2.14 bits per heavy atom. The molecule has 0 saturated heterocycles. The van der Waals surface area contributed by atoms with Gasteiger partial charge in [0.1, 0.15) is 11.6 Å². The molecule has 14 heavy (non-hydrogen) atoms. The minimum Gasteiger partial charge on any atom is -0.396 e. The van der Waals surface area contributed by atoms with Crippen LogP contribution < -0.4 is 16.8 Å². The molecule has 0 atom stereocenters. The lowest BCUT2D eigenvalue weighted by Gasteiger charge is -2.15. The monoisotopic (exact) mass is 194 g/mol. The van der Waals surface area contributed by atoms with Gasteiger partial charge in [0.2, 0.25) is 0 Å². The van der Waals surface area contributed by atoms with Crippen molar-refractivity contribution in [2.45, 2.75) is 18.4 Å². The number of nitrogen functional groups attached to an aromatic ring is 2. The van der Waals surface area contributed by atoms with E-state index >= 15 is 0 Å². The summed E-state index contributed by atoms with van der Waals surface area (Å²) in [5, 5.41) is 12.2. The van der Waals surface area contributed by atoms with E-state index in [1.807, 2.05) is 0 Å². The van der Waals surface area contributed by atoms with Gasteiger partial charge in [0.25, 0.3) is 0 Å². The standard InChI is InChI=1S/C9H14N4O/c10-6-1-2-7(12-8(6)11)13-9(5-14)3-4-9/h1-2,14H,3-5,10H2,(H3,11,12,13). The van der Waals surface area contributed by atoms with Crippen molar-refractivity contribution in [2.75, 3.05) is 23.4 Å². The fraction of sp³-hybridized carbons (Fsp3) is 0.444. The summed E-state index contributed by atoms with van der Waals surface area (Å²) in [6.45, 7) is 0.124. The zero-order valence-corrected chi connectivity index (χ0v) is 7.83. The maximum atomic E-state index is 9.10. The zero-order valence-electron chi connectivity index (χ0n) is 7.83. The third kappa shape index (κ3) is 1.58. The first-order chi connectivity index (χ1) is 6.65. The highest BCUT2D eigenvalue weighted by Crippen LogP contribution is 2.38. The second-order valence-corrected chi connectivity index (χ2v) is 3.73. The van der Waals surface area contributed by atoms with E-state index in [2.05, 4.69) is 10.3 Å². The second-order valence-electron chi connectivity index (χ2n) is 3.73. The molecule has 0 unspecified atom stereocenters. The summed E-state index contributed by atoms with van der Waals surface area (Å²) in [6.07, 6.45) is 1.94. The first-order valence-electron chi connectivity index (χ1n) is 4.56. The summed E-state index contributed by atoms with van der Waals surface area (Å²) in [7, 11) is 0. The summed E-state index contributed by atoms with van der Waals surface area (Å²) < 4.78 is 0. The largest absolute Gasteiger partial charge is 0.396 e. The highest BCUT2D eigenvalue weighted by atomic mass is 16.3. The molecule has 1 aliphatic rings. The van der Waals surface area contributed by atoms with E-state index in [0.717, 1.165) is 12.8 Å². The Hall–Kier alpha value is -1.49. The number of rotatable bonds is 3. The molecule has 1 aromatic heterocycles. The number of anilines is 3. The van der Waals surface area contributed by atoms with Gasteiger partial charge in [0.05, 0.1) is 17.8 Å². The molecule has 5 heteroatoms. The number of aromatic nitrogens is 1. The summed E-state index contributed by atoms with van der Waals surface area (Å²) >= 11 is 0. The van der Waals surface area contributed by atoms with Gasteiger partial charge < -0.3 is 21.9 Å². The van der Waals surface area contributed by atoms with E-state index in [0.29, 0.717) is 17.3 Å². The highest BCUT2D eigenvalue weighted by molar-refractivity contribution is 5.62. The summed E-state index contributed by atoms with van der Waals surface area (Å²) in [6, 6.07) is 3.47. The molecule has 1 fully saturated rings. The van der Waals surface area contributed by atoms with E-state index in [4.69, 9.17) is 16.6 Å². The van der Waals surface area contributed by atoms with Gasteiger partial charge in [-0.1, -0.05) is 0 Å². The van der Waals surface area contributed by atoms with E-state index in [9.17, 15) is 0 Å². The van der Waals surface area contributed by atoms with Crippen LogP contribution in [0.3, 0.4) is 0 Å². The maximum absolute atomic E-state index is 9.10. The predicted molar refractivity (Wildman–Crippen MR) is 55.7 cm³/mol. The average Bonchev–Trinajstić information content (AvgIpc) is 2.93. The van der Waals surface area contributed by atoms with Crippen LogP contribution >= 0.6 is 0 Å². The molecule has 0 spiro atoms. The molecule has 0 radical (unpaired) electrons. The quantitative estimate of drug-likeness (QED) is 0.550. The Labute approximate surface area is 82.1 Å². The number of pyridine rings is 1. The Kier molecular flexibility index (Phi) is 1.96. The number of hydrogen-bond acceptors (Lipinski definition) is 5. The number of nitrogens with zero attached hydrogens (tertiary/aromatic N) is 1. The van der Waals surface area contributed by atoms with Crippen LogP contribution in [0.2, 0.25) is 0 Å². The van der Waals surface area contributed by atoms with Gasteiger partial charge in [-0.15, -0.1) is 0 Å². The van der Waals surface area contributed by atoms with E-state index in [-0.39, 0.29) is 12.1 Å². The molecule has 0 aromatic carbocycles. The van der Waals surface area contributed by atoms with Crippen LogP contribution in [0.1, 0.15) is 12.8 Å². The van der Waals surface area contributed by atoms with Crippen molar-refractivity contribution in [3.63, 3.8) is 0 Å². The number of hydrogen-bond donors (Lipinski definition) is 4. The summed E-state index contributed by atoms with van der Waals surface area (Å²) in [4.78, 5) is 4.08. The highest BCUT2D eigenvalue weighted by Gasteiger charge is 2.42. The first-order valence-corrected chi connectivity index (χ1v) is 4.56. The van der Waals surface area contributed by atoms with Gasteiger partial charge in [-0.25, -0.2) is 4.98 Å². The van der Waals surface area contributed by atoms with Crippen molar-refractivity contribution in [1.82, 2.24) is 4.98 Å². The zero-order chi connectivity index (χ0) is 10.2. The summed E-state index contributed by atoms with van der Waals surface area (Å²) in [5.41, 5.74) is 11.4. The Bertz CT molecular complexity index is 349. The van der Waals surface area contributed by atoms with Crippen molar-refractivity contribution in [2.24, 2.45) is 0 Å². The normalized spacial score (nSPS) is 17.8. The van der Waals surface area contributed by atoms with Crippen LogP contribution in [-0.4, -0.2) is 22.2 Å². The maximum Gasteiger partial charge on any atom is 0.149 e. The molecule has 0 amide bonds. The smallest absolute Gasteiger partial charge is 0.149 e. The van der Waals surface area contributed by atoms with E-state index in [1.54, 1.807) is 12.1 Å². The second kappa shape index (κ2) is 3.02. The predicted octanol–water partition coefficient (Wildman–Crippen LogP) is 0.183. The number of nitrogens with one attached hydrogen (secondary N) is 1. The topological polar surface area (TPSA) is 97.2 Å². The van der Waals surface area contributed by atoms with Crippen LogP contribution in [0, 0.1) is 0 Å². The number of nitrogens with two attached hydrogens (primary N) is 2. The number of aliphatic hydroxyl groups is 1. The fourth-order valence-corrected chi connectivity index (χ4v) is 1.30. The van der Waals surface area contributed by atoms with E-state index in [1.165, 1.54) is 0 Å². The Morgan fingerprint density at radius 1 is 1.43 bits per heavy atom. The first kappa shape index (κ1) is 9.08. The van der Waals surface area contributed by atoms with E-state index < -0.39 is 0 Å². The lowest BCUT2D eigenvalue weighted by atomic mass is 10.3. The lowest BCUT2D eigenvalue weighted by Crippen LogP contribution is -2.26. The average molecular weight is 194 g/mol. The summed E-state index contributed by atoms with van der Waals surface area (Å²) in [5.74, 6) is 0.993. The van der Waals surface area contributed by atoms with Gasteiger partial charge in [0.15, 0.2) is 0 Å². The van der Waals surface area contributed by atoms with Crippen LogP contribution in [0.15, 0.2) is 12.1 Å². The van der Waals surface area contributed by atoms with Crippen LogP contribution in [0.5, 0.6) is 0 Å². The lowest BCUT2D eigenvalue weighted by molar-refractivity contribution is 0.266. The molecular weight excluding hydrogens is 180 g/mol. The van der Waals surface area contributed by atoms with Gasteiger partial charge in [-0.05, 0) is 25.0 Å². The van der Waals surface area contributed by atoms with Crippen LogP contribution in [-0.2, 0) is 0 Å². The van der Waals surface area contributed by atoms with Gasteiger partial charge in [-0.3, -0.25) is 0 Å². The van der Waals surface area contributed by atoms with Crippen LogP contribution in [0.25, 0.3) is 0 Å².